The molecule has 1 amide bonds. The molecule has 2 aliphatic rings. The summed E-state index contributed by atoms with van der Waals surface area (Å²) in [4.78, 5) is 32.3. The highest BCUT2D eigenvalue weighted by Gasteiger charge is 2.22. The Bertz CT molecular complexity index is 966. The molecule has 0 radical (unpaired) electrons. The molecule has 0 aromatic heterocycles. The van der Waals surface area contributed by atoms with Gasteiger partial charge >= 0.3 is 5.97 Å². The lowest BCUT2D eigenvalue weighted by Crippen LogP contribution is -2.37. The van der Waals surface area contributed by atoms with Crippen LogP contribution in [-0.4, -0.2) is 64.5 Å². The smallest absolute Gasteiger partial charge is 0.342 e. The van der Waals surface area contributed by atoms with Crippen molar-refractivity contribution in [3.05, 3.63) is 47.6 Å². The maximum Gasteiger partial charge on any atom is 0.342 e. The molecule has 0 saturated carbocycles. The van der Waals surface area contributed by atoms with E-state index in [-0.39, 0.29) is 42.0 Å². The first-order valence-corrected chi connectivity index (χ1v) is 11.6. The van der Waals surface area contributed by atoms with E-state index < -0.39 is 12.1 Å². The van der Waals surface area contributed by atoms with Gasteiger partial charge in [0.15, 0.2) is 6.61 Å². The van der Waals surface area contributed by atoms with Gasteiger partial charge in [-0.1, -0.05) is 23.4 Å². The van der Waals surface area contributed by atoms with Gasteiger partial charge in [0.05, 0.1) is 5.71 Å². The molecule has 3 rings (SSSR count). The zero-order valence-electron chi connectivity index (χ0n) is 19.5. The first-order chi connectivity index (χ1) is 16.3. The van der Waals surface area contributed by atoms with Crippen molar-refractivity contribution in [3.8, 4) is 11.5 Å². The number of esters is 1. The summed E-state index contributed by atoms with van der Waals surface area (Å²) in [6.07, 6.45) is 10.9. The predicted molar refractivity (Wildman–Crippen MR) is 128 cm³/mol. The molecular formula is C25H33N3O6. The van der Waals surface area contributed by atoms with E-state index in [9.17, 15) is 19.8 Å². The molecule has 1 fully saturated rings. The fraction of sp³-hybridized carbons (Fsp3) is 0.480. The van der Waals surface area contributed by atoms with Crippen LogP contribution in [0.2, 0.25) is 0 Å². The van der Waals surface area contributed by atoms with Crippen molar-refractivity contribution < 1.29 is 29.4 Å². The second-order valence-corrected chi connectivity index (χ2v) is 8.66. The zero-order valence-corrected chi connectivity index (χ0v) is 19.5. The van der Waals surface area contributed by atoms with Crippen LogP contribution in [-0.2, 0) is 20.8 Å². The third kappa shape index (κ3) is 7.34. The standard InChI is InChI=1S/C25H33N3O6/c1-17-7-5-8-19(26)9-6-10-20(27-33-16-23(31)28-11-3-2-4-12-28)13-18-14-21(29)15-22(30)24(18)25(32)34-17/h5-6,8,10,14-15,17,19,29-30H,2-4,7,9,11-13,16,26H2,1H3/b8-5+,10-6+,27-20-/t17-,19-/m1/s1. The number of likely N-dealkylation sites (tertiary alicyclic amines) is 1. The molecule has 1 saturated heterocycles. The largest absolute Gasteiger partial charge is 0.508 e. The van der Waals surface area contributed by atoms with Gasteiger partial charge in [-0.3, -0.25) is 4.79 Å². The second kappa shape index (κ2) is 12.2. The molecule has 1 aromatic carbocycles. The Kier molecular flexibility index (Phi) is 9.09. The van der Waals surface area contributed by atoms with E-state index >= 15 is 0 Å². The van der Waals surface area contributed by atoms with E-state index in [1.807, 2.05) is 18.2 Å². The number of allylic oxidation sites excluding steroid dienone is 1. The number of rotatable bonds is 3. The van der Waals surface area contributed by atoms with Crippen LogP contribution in [0.1, 0.15) is 54.9 Å². The van der Waals surface area contributed by atoms with Crippen LogP contribution < -0.4 is 5.73 Å². The molecule has 2 aliphatic heterocycles. The number of carbonyl (C=O) groups excluding carboxylic acids is 2. The van der Waals surface area contributed by atoms with Crippen molar-refractivity contribution in [2.75, 3.05) is 19.7 Å². The van der Waals surface area contributed by atoms with Crippen molar-refractivity contribution >= 4 is 17.6 Å². The maximum atomic E-state index is 12.8. The molecule has 184 valence electrons. The molecule has 0 unspecified atom stereocenters. The van der Waals surface area contributed by atoms with Gasteiger partial charge < -0.3 is 30.4 Å². The number of phenolic OH excluding ortho intramolecular Hbond substituents is 2. The summed E-state index contributed by atoms with van der Waals surface area (Å²) >= 11 is 0. The van der Waals surface area contributed by atoms with Gasteiger partial charge in [-0.25, -0.2) is 4.79 Å². The van der Waals surface area contributed by atoms with E-state index in [1.54, 1.807) is 17.9 Å². The lowest BCUT2D eigenvalue weighted by atomic mass is 9.99. The van der Waals surface area contributed by atoms with Crippen LogP contribution in [0.15, 0.2) is 41.6 Å². The maximum absolute atomic E-state index is 12.8. The number of nitrogens with two attached hydrogens (primary N) is 1. The van der Waals surface area contributed by atoms with Crippen LogP contribution >= 0.6 is 0 Å². The summed E-state index contributed by atoms with van der Waals surface area (Å²) in [5.41, 5.74) is 6.78. The van der Waals surface area contributed by atoms with Crippen LogP contribution in [0.4, 0.5) is 0 Å². The lowest BCUT2D eigenvalue weighted by Gasteiger charge is -2.26. The summed E-state index contributed by atoms with van der Waals surface area (Å²) < 4.78 is 5.48. The summed E-state index contributed by atoms with van der Waals surface area (Å²) in [5, 5.41) is 24.5. The summed E-state index contributed by atoms with van der Waals surface area (Å²) in [6, 6.07) is 2.24. The lowest BCUT2D eigenvalue weighted by molar-refractivity contribution is -0.137. The Hall–Kier alpha value is -3.33. The molecule has 9 nitrogen and oxygen atoms in total. The molecule has 4 N–H and O–H groups in total. The number of ether oxygens (including phenoxy) is 1. The number of aromatic hydroxyl groups is 2. The highest BCUT2D eigenvalue weighted by molar-refractivity contribution is 6.00. The first-order valence-electron chi connectivity index (χ1n) is 11.6. The van der Waals surface area contributed by atoms with Crippen molar-refractivity contribution in [1.29, 1.82) is 0 Å². The van der Waals surface area contributed by atoms with Crippen molar-refractivity contribution in [3.63, 3.8) is 0 Å². The number of amides is 1. The van der Waals surface area contributed by atoms with Crippen LogP contribution in [0.5, 0.6) is 11.5 Å². The number of oxime groups is 1. The van der Waals surface area contributed by atoms with Crippen molar-refractivity contribution in [1.82, 2.24) is 4.90 Å². The summed E-state index contributed by atoms with van der Waals surface area (Å²) in [7, 11) is 0. The minimum absolute atomic E-state index is 0.0483. The zero-order chi connectivity index (χ0) is 24.5. The fourth-order valence-electron chi connectivity index (χ4n) is 3.94. The number of fused-ring (bicyclic) bond motifs is 1. The minimum Gasteiger partial charge on any atom is -0.508 e. The fourth-order valence-corrected chi connectivity index (χ4v) is 3.94. The highest BCUT2D eigenvalue weighted by atomic mass is 16.6. The third-order valence-electron chi connectivity index (χ3n) is 5.72. The minimum atomic E-state index is -0.709. The highest BCUT2D eigenvalue weighted by Crippen LogP contribution is 2.29. The van der Waals surface area contributed by atoms with Gasteiger partial charge in [0.1, 0.15) is 23.2 Å². The molecule has 1 aromatic rings. The van der Waals surface area contributed by atoms with Gasteiger partial charge in [-0.05, 0) is 50.3 Å². The Morgan fingerprint density at radius 2 is 1.97 bits per heavy atom. The molecule has 34 heavy (non-hydrogen) atoms. The normalized spacial score (nSPS) is 25.1. The quantitative estimate of drug-likeness (QED) is 0.350. The topological polar surface area (TPSA) is 135 Å². The number of benzene rings is 1. The van der Waals surface area contributed by atoms with E-state index in [2.05, 4.69) is 5.16 Å². The number of piperidine rings is 1. The third-order valence-corrected chi connectivity index (χ3v) is 5.72. The number of hydrogen-bond acceptors (Lipinski definition) is 8. The van der Waals surface area contributed by atoms with E-state index in [1.165, 1.54) is 6.07 Å². The van der Waals surface area contributed by atoms with E-state index in [4.69, 9.17) is 15.3 Å². The van der Waals surface area contributed by atoms with Gasteiger partial charge in [-0.2, -0.15) is 0 Å². The number of carbonyl (C=O) groups is 2. The number of cyclic esters (lactones) is 1. The number of nitrogens with zero attached hydrogens (tertiary/aromatic N) is 2. The van der Waals surface area contributed by atoms with Crippen molar-refractivity contribution in [2.24, 2.45) is 10.9 Å². The second-order valence-electron chi connectivity index (χ2n) is 8.66. The Morgan fingerprint density at radius 1 is 1.21 bits per heavy atom. The van der Waals surface area contributed by atoms with Crippen LogP contribution in [0.25, 0.3) is 0 Å². The molecule has 2 atom stereocenters. The van der Waals surface area contributed by atoms with Crippen molar-refractivity contribution in [2.45, 2.75) is 57.6 Å². The predicted octanol–water partition coefficient (Wildman–Crippen LogP) is 2.80. The Balaban J connectivity index is 1.86. The summed E-state index contributed by atoms with van der Waals surface area (Å²) in [5.74, 6) is -1.43. The summed E-state index contributed by atoms with van der Waals surface area (Å²) in [6.45, 7) is 2.99. The molecule has 0 spiro atoms. The van der Waals surface area contributed by atoms with Crippen LogP contribution in [0.3, 0.4) is 0 Å². The van der Waals surface area contributed by atoms with Gasteiger partial charge in [0.2, 0.25) is 0 Å². The molecule has 2 heterocycles. The molecular weight excluding hydrogens is 438 g/mol. The Morgan fingerprint density at radius 3 is 2.74 bits per heavy atom. The average Bonchev–Trinajstić information content (AvgIpc) is 2.78. The van der Waals surface area contributed by atoms with Crippen LogP contribution in [0, 0.1) is 0 Å². The van der Waals surface area contributed by atoms with E-state index in [0.29, 0.717) is 24.1 Å². The number of phenols is 2. The molecule has 0 bridgehead atoms. The van der Waals surface area contributed by atoms with Gasteiger partial charge in [-0.15, -0.1) is 0 Å². The first kappa shape index (κ1) is 25.3. The molecule has 0 aliphatic carbocycles. The monoisotopic (exact) mass is 471 g/mol. The SMILES string of the molecule is C[C@@H]1C/C=C/[C@@H](N)C/C=C/C(=N/OCC(=O)N2CCCCC2)Cc2cc(O)cc(O)c2C(=O)O1. The van der Waals surface area contributed by atoms with E-state index in [0.717, 1.165) is 38.4 Å². The number of hydrogen-bond donors (Lipinski definition) is 3. The van der Waals surface area contributed by atoms with Gasteiger partial charge in [0, 0.05) is 38.0 Å². The van der Waals surface area contributed by atoms with Gasteiger partial charge in [0.25, 0.3) is 5.91 Å². The molecule has 9 heteroatoms. The average molecular weight is 472 g/mol. The Labute approximate surface area is 199 Å².